The van der Waals surface area contributed by atoms with Crippen molar-refractivity contribution in [1.82, 2.24) is 5.32 Å². The van der Waals surface area contributed by atoms with Gasteiger partial charge in [-0.25, -0.2) is 14.0 Å². The molecule has 2 aromatic rings. The quantitative estimate of drug-likeness (QED) is 0.811. The lowest BCUT2D eigenvalue weighted by molar-refractivity contribution is -0.139. The molecule has 20 heavy (non-hydrogen) atoms. The Morgan fingerprint density at radius 2 is 2.05 bits per heavy atom. The Labute approximate surface area is 118 Å². The molecule has 1 heterocycles. The third kappa shape index (κ3) is 3.55. The van der Waals surface area contributed by atoms with Gasteiger partial charge in [0.1, 0.15) is 5.82 Å². The van der Waals surface area contributed by atoms with E-state index in [1.165, 1.54) is 29.5 Å². The smallest absolute Gasteiger partial charge is 0.331 e. The largest absolute Gasteiger partial charge is 0.479 e. The molecule has 1 unspecified atom stereocenters. The molecule has 104 valence electrons. The molecule has 1 atom stereocenters. The second-order valence-corrected chi connectivity index (χ2v) is 4.87. The molecule has 7 heteroatoms. The number of carbonyl (C=O) groups excluding carboxylic acids is 1. The topological polar surface area (TPSA) is 78.4 Å². The minimum Gasteiger partial charge on any atom is -0.479 e. The number of anilines is 1. The predicted octanol–water partition coefficient (Wildman–Crippen LogP) is 2.83. The van der Waals surface area contributed by atoms with Gasteiger partial charge in [0.15, 0.2) is 6.04 Å². The van der Waals surface area contributed by atoms with Gasteiger partial charge in [0.05, 0.1) is 0 Å². The van der Waals surface area contributed by atoms with Crippen LogP contribution < -0.4 is 10.6 Å². The lowest BCUT2D eigenvalue weighted by Crippen LogP contribution is -2.36. The molecule has 2 amide bonds. The van der Waals surface area contributed by atoms with Crippen LogP contribution >= 0.6 is 11.3 Å². The van der Waals surface area contributed by atoms with Crippen molar-refractivity contribution in [1.29, 1.82) is 0 Å². The number of carbonyl (C=O) groups is 2. The number of rotatable bonds is 4. The van der Waals surface area contributed by atoms with Gasteiger partial charge < -0.3 is 15.7 Å². The van der Waals surface area contributed by atoms with Crippen LogP contribution in [0.15, 0.2) is 41.8 Å². The van der Waals surface area contributed by atoms with E-state index < -0.39 is 23.9 Å². The number of halogens is 1. The molecular formula is C13H11FN2O3S. The molecule has 0 aliphatic rings. The molecule has 1 aromatic carbocycles. The molecule has 0 bridgehead atoms. The first-order valence-electron chi connectivity index (χ1n) is 5.65. The monoisotopic (exact) mass is 294 g/mol. The van der Waals surface area contributed by atoms with E-state index in [2.05, 4.69) is 10.6 Å². The van der Waals surface area contributed by atoms with E-state index in [9.17, 15) is 14.0 Å². The Hall–Kier alpha value is -2.41. The standard InChI is InChI=1S/C13H11FN2O3S/c14-8-3-1-4-9(7-8)15-13(19)16-11(12(17)18)10-5-2-6-20-10/h1-7,11H,(H,17,18)(H2,15,16,19). The van der Waals surface area contributed by atoms with Crippen LogP contribution in [0.25, 0.3) is 0 Å². The van der Waals surface area contributed by atoms with E-state index in [0.29, 0.717) is 4.88 Å². The maximum Gasteiger partial charge on any atom is 0.331 e. The van der Waals surface area contributed by atoms with E-state index in [-0.39, 0.29) is 5.69 Å². The highest BCUT2D eigenvalue weighted by Crippen LogP contribution is 2.19. The summed E-state index contributed by atoms with van der Waals surface area (Å²) in [5, 5.41) is 15.5. The zero-order chi connectivity index (χ0) is 14.5. The highest BCUT2D eigenvalue weighted by Gasteiger charge is 2.22. The van der Waals surface area contributed by atoms with E-state index in [1.807, 2.05) is 0 Å². The van der Waals surface area contributed by atoms with Crippen LogP contribution in [-0.2, 0) is 4.79 Å². The maximum absolute atomic E-state index is 13.0. The third-order valence-corrected chi connectivity index (χ3v) is 3.37. The van der Waals surface area contributed by atoms with Gasteiger partial charge >= 0.3 is 12.0 Å². The highest BCUT2D eigenvalue weighted by atomic mass is 32.1. The van der Waals surface area contributed by atoms with Gasteiger partial charge in [-0.2, -0.15) is 0 Å². The summed E-state index contributed by atoms with van der Waals surface area (Å²) in [6.45, 7) is 0. The normalized spacial score (nSPS) is 11.7. The molecule has 0 radical (unpaired) electrons. The summed E-state index contributed by atoms with van der Waals surface area (Å²) in [7, 11) is 0. The van der Waals surface area contributed by atoms with Gasteiger partial charge in [0.2, 0.25) is 0 Å². The van der Waals surface area contributed by atoms with Crippen molar-refractivity contribution in [2.45, 2.75) is 6.04 Å². The molecule has 1 aromatic heterocycles. The average Bonchev–Trinajstić information content (AvgIpc) is 2.89. The van der Waals surface area contributed by atoms with Crippen molar-refractivity contribution in [3.05, 3.63) is 52.5 Å². The number of hydrogen-bond donors (Lipinski definition) is 3. The molecule has 0 aliphatic heterocycles. The van der Waals surface area contributed by atoms with Gasteiger partial charge in [0.25, 0.3) is 0 Å². The van der Waals surface area contributed by atoms with Gasteiger partial charge in [-0.05, 0) is 29.6 Å². The summed E-state index contributed by atoms with van der Waals surface area (Å²) in [4.78, 5) is 23.4. The number of benzene rings is 1. The van der Waals surface area contributed by atoms with E-state index in [0.717, 1.165) is 6.07 Å². The fraction of sp³-hybridized carbons (Fsp3) is 0.0769. The number of carboxylic acid groups (broad SMARTS) is 1. The summed E-state index contributed by atoms with van der Waals surface area (Å²) in [5.74, 6) is -1.65. The summed E-state index contributed by atoms with van der Waals surface area (Å²) in [5.41, 5.74) is 0.248. The molecular weight excluding hydrogens is 283 g/mol. The van der Waals surface area contributed by atoms with Crippen LogP contribution in [0, 0.1) is 5.82 Å². The maximum atomic E-state index is 13.0. The molecule has 2 rings (SSSR count). The third-order valence-electron chi connectivity index (χ3n) is 2.43. The van der Waals surface area contributed by atoms with Gasteiger partial charge in [0, 0.05) is 10.6 Å². The van der Waals surface area contributed by atoms with Crippen molar-refractivity contribution in [2.24, 2.45) is 0 Å². The van der Waals surface area contributed by atoms with Crippen LogP contribution in [0.5, 0.6) is 0 Å². The first-order valence-corrected chi connectivity index (χ1v) is 6.53. The zero-order valence-corrected chi connectivity index (χ0v) is 11.0. The fourth-order valence-electron chi connectivity index (χ4n) is 1.57. The van der Waals surface area contributed by atoms with E-state index in [1.54, 1.807) is 17.5 Å². The van der Waals surface area contributed by atoms with Gasteiger partial charge in [-0.1, -0.05) is 12.1 Å². The molecule has 0 saturated carbocycles. The number of urea groups is 1. The van der Waals surface area contributed by atoms with Crippen molar-refractivity contribution in [3.8, 4) is 0 Å². The van der Waals surface area contributed by atoms with Crippen molar-refractivity contribution >= 4 is 29.0 Å². The van der Waals surface area contributed by atoms with E-state index in [4.69, 9.17) is 5.11 Å². The Bertz CT molecular complexity index is 616. The molecule has 3 N–H and O–H groups in total. The lowest BCUT2D eigenvalue weighted by atomic mass is 10.2. The highest BCUT2D eigenvalue weighted by molar-refractivity contribution is 7.10. The minimum atomic E-state index is -1.16. The van der Waals surface area contributed by atoms with Crippen molar-refractivity contribution in [2.75, 3.05) is 5.32 Å². The second-order valence-electron chi connectivity index (χ2n) is 3.90. The predicted molar refractivity (Wildman–Crippen MR) is 73.3 cm³/mol. The number of hydrogen-bond acceptors (Lipinski definition) is 3. The summed E-state index contributed by atoms with van der Waals surface area (Å²) < 4.78 is 13.0. The van der Waals surface area contributed by atoms with E-state index >= 15 is 0 Å². The molecule has 0 spiro atoms. The Morgan fingerprint density at radius 1 is 1.25 bits per heavy atom. The van der Waals surface area contributed by atoms with Crippen LogP contribution in [0.3, 0.4) is 0 Å². The number of thiophene rings is 1. The number of aliphatic carboxylic acids is 1. The Balaban J connectivity index is 2.04. The molecule has 5 nitrogen and oxygen atoms in total. The number of amides is 2. The Kier molecular flexibility index (Phi) is 4.31. The summed E-state index contributed by atoms with van der Waals surface area (Å²) in [6.07, 6.45) is 0. The second kappa shape index (κ2) is 6.16. The minimum absolute atomic E-state index is 0.248. The van der Waals surface area contributed by atoms with Crippen LogP contribution in [0.2, 0.25) is 0 Å². The van der Waals surface area contributed by atoms with Gasteiger partial charge in [-0.3, -0.25) is 0 Å². The average molecular weight is 294 g/mol. The summed E-state index contributed by atoms with van der Waals surface area (Å²) >= 11 is 1.23. The Morgan fingerprint density at radius 3 is 2.65 bits per heavy atom. The van der Waals surface area contributed by atoms with Crippen molar-refractivity contribution in [3.63, 3.8) is 0 Å². The summed E-state index contributed by atoms with van der Waals surface area (Å²) in [6, 6.07) is 6.80. The lowest BCUT2D eigenvalue weighted by Gasteiger charge is -2.13. The first kappa shape index (κ1) is 14.0. The molecule has 0 aliphatic carbocycles. The van der Waals surface area contributed by atoms with Crippen LogP contribution in [0.4, 0.5) is 14.9 Å². The zero-order valence-electron chi connectivity index (χ0n) is 10.2. The molecule has 0 fully saturated rings. The van der Waals surface area contributed by atoms with Crippen molar-refractivity contribution < 1.29 is 19.1 Å². The van der Waals surface area contributed by atoms with Crippen LogP contribution in [0.1, 0.15) is 10.9 Å². The number of carboxylic acids is 1. The van der Waals surface area contributed by atoms with Crippen LogP contribution in [-0.4, -0.2) is 17.1 Å². The first-order chi connectivity index (χ1) is 9.56. The SMILES string of the molecule is O=C(Nc1cccc(F)c1)NC(C(=O)O)c1cccs1. The fourth-order valence-corrected chi connectivity index (χ4v) is 2.34. The number of nitrogens with one attached hydrogen (secondary N) is 2. The molecule has 0 saturated heterocycles. The van der Waals surface area contributed by atoms with Gasteiger partial charge in [-0.15, -0.1) is 11.3 Å².